The summed E-state index contributed by atoms with van der Waals surface area (Å²) >= 11 is 0. The van der Waals surface area contributed by atoms with Gasteiger partial charge in [-0.1, -0.05) is 12.1 Å². The molecule has 5 nitrogen and oxygen atoms in total. The minimum atomic E-state index is 0.835. The van der Waals surface area contributed by atoms with Crippen LogP contribution in [0.3, 0.4) is 0 Å². The topological polar surface area (TPSA) is 68.8 Å². The predicted octanol–water partition coefficient (Wildman–Crippen LogP) is 0.553. The summed E-state index contributed by atoms with van der Waals surface area (Å²) in [5.41, 5.74) is 4.37. The normalized spacial score (nSPS) is 9.92. The highest BCUT2D eigenvalue weighted by Gasteiger charge is 2.00. The van der Waals surface area contributed by atoms with Crippen molar-refractivity contribution in [1.82, 2.24) is 14.8 Å². The lowest BCUT2D eigenvalue weighted by molar-refractivity contribution is 1.05. The van der Waals surface area contributed by atoms with E-state index in [2.05, 4.69) is 15.6 Å². The van der Waals surface area contributed by atoms with Gasteiger partial charge in [-0.05, 0) is 12.1 Å². The number of benzene rings is 1. The zero-order valence-corrected chi connectivity index (χ0v) is 6.88. The molecule has 2 rings (SSSR count). The molecule has 1 aromatic heterocycles. The van der Waals surface area contributed by atoms with E-state index >= 15 is 0 Å². The molecule has 0 saturated heterocycles. The van der Waals surface area contributed by atoms with E-state index in [1.807, 2.05) is 24.3 Å². The van der Waals surface area contributed by atoms with Gasteiger partial charge in [0.2, 0.25) is 0 Å². The van der Waals surface area contributed by atoms with Gasteiger partial charge in [-0.15, -0.1) is 10.2 Å². The molecular formula is C8H9N5. The first kappa shape index (κ1) is 7.75. The van der Waals surface area contributed by atoms with Gasteiger partial charge in [-0.25, -0.2) is 0 Å². The van der Waals surface area contributed by atoms with Crippen LogP contribution in [0.4, 0.5) is 5.69 Å². The molecule has 0 aliphatic carbocycles. The number of rotatable bonds is 2. The van der Waals surface area contributed by atoms with Crippen LogP contribution >= 0.6 is 0 Å². The van der Waals surface area contributed by atoms with Gasteiger partial charge in [0.15, 0.2) is 0 Å². The fraction of sp³-hybridized carbons (Fsp3) is 0. The molecule has 5 heteroatoms. The van der Waals surface area contributed by atoms with Gasteiger partial charge in [0.1, 0.15) is 12.7 Å². The molecule has 2 aromatic rings. The lowest BCUT2D eigenvalue weighted by Gasteiger charge is -2.07. The fourth-order valence-electron chi connectivity index (χ4n) is 1.15. The summed E-state index contributed by atoms with van der Waals surface area (Å²) in [4.78, 5) is 0. The Balaban J connectivity index is 2.51. The Hall–Kier alpha value is -1.88. The minimum Gasteiger partial charge on any atom is -0.322 e. The van der Waals surface area contributed by atoms with E-state index in [0.717, 1.165) is 11.4 Å². The van der Waals surface area contributed by atoms with Crippen LogP contribution in [-0.4, -0.2) is 14.8 Å². The number of hydrazine groups is 1. The molecule has 0 aliphatic rings. The minimum absolute atomic E-state index is 0.835. The van der Waals surface area contributed by atoms with Crippen LogP contribution < -0.4 is 11.3 Å². The van der Waals surface area contributed by atoms with E-state index in [9.17, 15) is 0 Å². The third-order valence-electron chi connectivity index (χ3n) is 1.76. The van der Waals surface area contributed by atoms with Crippen LogP contribution in [0.15, 0.2) is 36.9 Å². The van der Waals surface area contributed by atoms with Crippen molar-refractivity contribution in [2.24, 2.45) is 5.84 Å². The van der Waals surface area contributed by atoms with Crippen LogP contribution in [0.2, 0.25) is 0 Å². The van der Waals surface area contributed by atoms with Crippen LogP contribution in [0.5, 0.6) is 0 Å². The van der Waals surface area contributed by atoms with Crippen LogP contribution in [-0.2, 0) is 0 Å². The standard InChI is InChI=1S/C8H9N5/c9-12-7-3-1-2-4-8(7)13-5-10-11-6-13/h1-6,12H,9H2. The van der Waals surface area contributed by atoms with E-state index in [-0.39, 0.29) is 0 Å². The Morgan fingerprint density at radius 2 is 1.85 bits per heavy atom. The van der Waals surface area contributed by atoms with E-state index in [1.165, 1.54) is 0 Å². The molecule has 0 spiro atoms. The highest BCUT2D eigenvalue weighted by Crippen LogP contribution is 2.17. The number of nitrogen functional groups attached to an aromatic ring is 1. The number of anilines is 1. The molecule has 0 radical (unpaired) electrons. The van der Waals surface area contributed by atoms with Gasteiger partial charge < -0.3 is 5.43 Å². The lowest BCUT2D eigenvalue weighted by atomic mass is 10.3. The summed E-state index contributed by atoms with van der Waals surface area (Å²) < 4.78 is 1.79. The third-order valence-corrected chi connectivity index (χ3v) is 1.76. The van der Waals surface area contributed by atoms with Gasteiger partial charge in [0, 0.05) is 0 Å². The molecular weight excluding hydrogens is 166 g/mol. The molecule has 0 atom stereocenters. The molecule has 0 unspecified atom stereocenters. The van der Waals surface area contributed by atoms with Crippen molar-refractivity contribution in [3.8, 4) is 5.69 Å². The Morgan fingerprint density at radius 1 is 1.15 bits per heavy atom. The van der Waals surface area contributed by atoms with Gasteiger partial charge in [0.05, 0.1) is 11.4 Å². The van der Waals surface area contributed by atoms with E-state index in [0.29, 0.717) is 0 Å². The summed E-state index contributed by atoms with van der Waals surface area (Å²) in [5.74, 6) is 5.35. The van der Waals surface area contributed by atoms with Gasteiger partial charge >= 0.3 is 0 Å². The maximum atomic E-state index is 5.35. The summed E-state index contributed by atoms with van der Waals surface area (Å²) in [7, 11) is 0. The van der Waals surface area contributed by atoms with Crippen LogP contribution in [0.25, 0.3) is 5.69 Å². The zero-order chi connectivity index (χ0) is 9.10. The highest BCUT2D eigenvalue weighted by molar-refractivity contribution is 5.59. The first-order valence-corrected chi connectivity index (χ1v) is 3.82. The van der Waals surface area contributed by atoms with Crippen LogP contribution in [0, 0.1) is 0 Å². The Morgan fingerprint density at radius 3 is 2.54 bits per heavy atom. The maximum absolute atomic E-state index is 5.35. The summed E-state index contributed by atoms with van der Waals surface area (Å²) in [5, 5.41) is 7.44. The second kappa shape index (κ2) is 3.24. The van der Waals surface area contributed by atoms with Gasteiger partial charge in [-0.3, -0.25) is 10.4 Å². The number of para-hydroxylation sites is 2. The average Bonchev–Trinajstić information content (AvgIpc) is 2.70. The second-order valence-corrected chi connectivity index (χ2v) is 2.53. The first-order chi connectivity index (χ1) is 6.42. The number of hydrogen-bond donors (Lipinski definition) is 2. The van der Waals surface area contributed by atoms with E-state index in [1.54, 1.807) is 17.2 Å². The average molecular weight is 175 g/mol. The van der Waals surface area contributed by atoms with Crippen molar-refractivity contribution in [3.63, 3.8) is 0 Å². The Kier molecular flexibility index (Phi) is 1.93. The third kappa shape index (κ3) is 1.36. The Labute approximate surface area is 75.2 Å². The molecule has 0 amide bonds. The van der Waals surface area contributed by atoms with Crippen molar-refractivity contribution in [3.05, 3.63) is 36.9 Å². The monoisotopic (exact) mass is 175 g/mol. The molecule has 0 fully saturated rings. The van der Waals surface area contributed by atoms with Crippen molar-refractivity contribution in [2.45, 2.75) is 0 Å². The fourth-order valence-corrected chi connectivity index (χ4v) is 1.15. The summed E-state index contributed by atoms with van der Waals surface area (Å²) in [6, 6.07) is 7.65. The predicted molar refractivity (Wildman–Crippen MR) is 49.2 cm³/mol. The quantitative estimate of drug-likeness (QED) is 0.516. The number of nitrogens with one attached hydrogen (secondary N) is 1. The molecule has 66 valence electrons. The maximum Gasteiger partial charge on any atom is 0.123 e. The van der Waals surface area contributed by atoms with Gasteiger partial charge in [-0.2, -0.15) is 0 Å². The SMILES string of the molecule is NNc1ccccc1-n1cnnc1. The lowest BCUT2D eigenvalue weighted by Crippen LogP contribution is -2.09. The Bertz CT molecular complexity index is 381. The number of hydrogen-bond acceptors (Lipinski definition) is 4. The molecule has 0 aliphatic heterocycles. The largest absolute Gasteiger partial charge is 0.322 e. The van der Waals surface area contributed by atoms with Crippen molar-refractivity contribution >= 4 is 5.69 Å². The van der Waals surface area contributed by atoms with Crippen molar-refractivity contribution in [2.75, 3.05) is 5.43 Å². The van der Waals surface area contributed by atoms with Crippen LogP contribution in [0.1, 0.15) is 0 Å². The number of nitrogens with zero attached hydrogens (tertiary/aromatic N) is 3. The van der Waals surface area contributed by atoms with E-state index < -0.39 is 0 Å². The summed E-state index contributed by atoms with van der Waals surface area (Å²) in [6.45, 7) is 0. The van der Waals surface area contributed by atoms with Crippen molar-refractivity contribution in [1.29, 1.82) is 0 Å². The van der Waals surface area contributed by atoms with Crippen molar-refractivity contribution < 1.29 is 0 Å². The number of nitrogens with two attached hydrogens (primary N) is 1. The smallest absolute Gasteiger partial charge is 0.123 e. The molecule has 0 saturated carbocycles. The second-order valence-electron chi connectivity index (χ2n) is 2.53. The molecule has 3 N–H and O–H groups in total. The van der Waals surface area contributed by atoms with Gasteiger partial charge in [0.25, 0.3) is 0 Å². The highest BCUT2D eigenvalue weighted by atomic mass is 15.3. The van der Waals surface area contributed by atoms with E-state index in [4.69, 9.17) is 5.84 Å². The first-order valence-electron chi connectivity index (χ1n) is 3.82. The molecule has 1 aromatic carbocycles. The summed E-state index contributed by atoms with van der Waals surface area (Å²) in [6.07, 6.45) is 3.24. The molecule has 0 bridgehead atoms. The zero-order valence-electron chi connectivity index (χ0n) is 6.88. The molecule has 13 heavy (non-hydrogen) atoms. The number of aromatic nitrogens is 3. The molecule has 1 heterocycles.